The van der Waals surface area contributed by atoms with Gasteiger partial charge in [0.25, 0.3) is 0 Å². The van der Waals surface area contributed by atoms with Gasteiger partial charge in [-0.3, -0.25) is 5.14 Å². The van der Waals surface area contributed by atoms with Crippen LogP contribution >= 0.6 is 12.1 Å². The molecule has 48 valence electrons. The summed E-state index contributed by atoms with van der Waals surface area (Å²) in [5, 5.41) is 5.17. The van der Waals surface area contributed by atoms with Crippen LogP contribution in [-0.4, -0.2) is 23.6 Å². The molecule has 1 atom stereocenters. The van der Waals surface area contributed by atoms with Gasteiger partial charge in [-0.25, -0.2) is 8.70 Å². The third kappa shape index (κ3) is 1.34. The van der Waals surface area contributed by atoms with E-state index in [0.29, 0.717) is 13.0 Å². The molecule has 0 bridgehead atoms. The van der Waals surface area contributed by atoms with Crippen LogP contribution in [0, 0.1) is 0 Å². The second kappa shape index (κ2) is 2.66. The van der Waals surface area contributed by atoms with Crippen molar-refractivity contribution in [3.05, 3.63) is 0 Å². The highest BCUT2D eigenvalue weighted by atomic mass is 32.2. The number of halogens is 1. The van der Waals surface area contributed by atoms with E-state index in [0.717, 1.165) is 18.7 Å². The highest BCUT2D eigenvalue weighted by Crippen LogP contribution is 2.16. The molecule has 4 heteroatoms. The minimum atomic E-state index is -0.647. The van der Waals surface area contributed by atoms with Crippen molar-refractivity contribution in [3.63, 3.8) is 0 Å². The predicted molar refractivity (Wildman–Crippen MR) is 32.9 cm³/mol. The molecule has 1 unspecified atom stereocenters. The fraction of sp³-hybridized carbons (Fsp3) is 1.00. The quantitative estimate of drug-likeness (QED) is 0.534. The Balaban J connectivity index is 2.22. The molecule has 0 aromatic heterocycles. The zero-order valence-electron chi connectivity index (χ0n) is 4.51. The van der Waals surface area contributed by atoms with Gasteiger partial charge in [-0.1, -0.05) is 0 Å². The zero-order chi connectivity index (χ0) is 5.98. The Labute approximate surface area is 52.5 Å². The first kappa shape index (κ1) is 6.32. The summed E-state index contributed by atoms with van der Waals surface area (Å²) in [6.07, 6.45) is -0.00412. The van der Waals surface area contributed by atoms with Crippen molar-refractivity contribution in [3.8, 4) is 0 Å². The van der Waals surface area contributed by atoms with Gasteiger partial charge in [-0.15, -0.1) is 0 Å². The first-order chi connectivity index (χ1) is 3.83. The average molecular weight is 136 g/mol. The van der Waals surface area contributed by atoms with Crippen LogP contribution in [0.25, 0.3) is 0 Å². The molecular weight excluding hydrogens is 127 g/mol. The van der Waals surface area contributed by atoms with Crippen LogP contribution in [0.1, 0.15) is 6.42 Å². The molecule has 1 rings (SSSR count). The standard InChI is InChI=1S/C4H9FN2S/c5-4-1-2-7(3-4)8-6/h4H,1-3,6H2. The van der Waals surface area contributed by atoms with Crippen molar-refractivity contribution in [2.45, 2.75) is 12.6 Å². The van der Waals surface area contributed by atoms with Gasteiger partial charge in [0, 0.05) is 25.2 Å². The summed E-state index contributed by atoms with van der Waals surface area (Å²) in [6.45, 7) is 1.30. The lowest BCUT2D eigenvalue weighted by Gasteiger charge is -2.06. The second-order valence-corrected chi connectivity index (χ2v) is 2.61. The van der Waals surface area contributed by atoms with E-state index in [1.807, 2.05) is 4.31 Å². The maximum Gasteiger partial charge on any atom is 0.115 e. The van der Waals surface area contributed by atoms with Crippen molar-refractivity contribution in [2.75, 3.05) is 13.1 Å². The largest absolute Gasteiger partial charge is 0.264 e. The molecule has 0 radical (unpaired) electrons. The highest BCUT2D eigenvalue weighted by Gasteiger charge is 2.20. The Bertz CT molecular complexity index is 80.4. The highest BCUT2D eigenvalue weighted by molar-refractivity contribution is 7.94. The second-order valence-electron chi connectivity index (χ2n) is 1.88. The molecule has 0 amide bonds. The van der Waals surface area contributed by atoms with E-state index in [1.165, 1.54) is 0 Å². The maximum atomic E-state index is 12.3. The fourth-order valence-electron chi connectivity index (χ4n) is 0.783. The lowest BCUT2D eigenvalue weighted by Crippen LogP contribution is -2.14. The number of alkyl halides is 1. The molecule has 1 aliphatic heterocycles. The van der Waals surface area contributed by atoms with Gasteiger partial charge in [0.1, 0.15) is 6.17 Å². The number of hydrogen-bond acceptors (Lipinski definition) is 3. The van der Waals surface area contributed by atoms with Gasteiger partial charge >= 0.3 is 0 Å². The Morgan fingerprint density at radius 2 is 2.50 bits per heavy atom. The van der Waals surface area contributed by atoms with Crippen molar-refractivity contribution in [1.29, 1.82) is 0 Å². The van der Waals surface area contributed by atoms with E-state index in [4.69, 9.17) is 5.14 Å². The van der Waals surface area contributed by atoms with Crippen molar-refractivity contribution >= 4 is 12.1 Å². The molecule has 0 aromatic rings. The summed E-state index contributed by atoms with van der Waals surface area (Å²) in [5.41, 5.74) is 0. The number of nitrogens with zero attached hydrogens (tertiary/aromatic N) is 1. The summed E-state index contributed by atoms with van der Waals surface area (Å²) in [6, 6.07) is 0. The Morgan fingerprint density at radius 1 is 1.75 bits per heavy atom. The van der Waals surface area contributed by atoms with Gasteiger partial charge in [-0.05, 0) is 6.42 Å². The molecule has 1 aliphatic rings. The Hall–Kier alpha value is 0.200. The number of hydrogen-bond donors (Lipinski definition) is 1. The lowest BCUT2D eigenvalue weighted by molar-refractivity contribution is 0.349. The number of rotatable bonds is 1. The van der Waals surface area contributed by atoms with Gasteiger partial charge in [0.05, 0.1) is 0 Å². The lowest BCUT2D eigenvalue weighted by atomic mass is 10.4. The normalized spacial score (nSPS) is 31.5. The van der Waals surface area contributed by atoms with E-state index in [-0.39, 0.29) is 0 Å². The summed E-state index contributed by atoms with van der Waals surface area (Å²) in [5.74, 6) is 0. The minimum absolute atomic E-state index is 0.501. The Morgan fingerprint density at radius 3 is 2.75 bits per heavy atom. The molecule has 1 fully saturated rings. The third-order valence-corrected chi connectivity index (χ3v) is 1.87. The van der Waals surface area contributed by atoms with Gasteiger partial charge in [0.2, 0.25) is 0 Å². The van der Waals surface area contributed by atoms with E-state index in [2.05, 4.69) is 0 Å². The fourth-order valence-corrected chi connectivity index (χ4v) is 1.24. The van der Waals surface area contributed by atoms with Crippen LogP contribution in [0.15, 0.2) is 0 Å². The SMILES string of the molecule is NSN1CCC(F)C1. The third-order valence-electron chi connectivity index (χ3n) is 1.24. The monoisotopic (exact) mass is 136 g/mol. The maximum absolute atomic E-state index is 12.3. The van der Waals surface area contributed by atoms with Crippen LogP contribution < -0.4 is 5.14 Å². The van der Waals surface area contributed by atoms with Crippen molar-refractivity contribution < 1.29 is 4.39 Å². The predicted octanol–water partition coefficient (Wildman–Crippen LogP) is 0.552. The molecule has 0 aliphatic carbocycles. The summed E-state index contributed by atoms with van der Waals surface area (Å²) >= 11 is 1.13. The first-order valence-electron chi connectivity index (χ1n) is 2.59. The molecule has 8 heavy (non-hydrogen) atoms. The molecule has 2 nitrogen and oxygen atoms in total. The topological polar surface area (TPSA) is 29.3 Å². The van der Waals surface area contributed by atoms with Crippen LogP contribution in [0.2, 0.25) is 0 Å². The molecule has 0 spiro atoms. The van der Waals surface area contributed by atoms with E-state index < -0.39 is 6.17 Å². The molecule has 2 N–H and O–H groups in total. The van der Waals surface area contributed by atoms with Crippen LogP contribution in [0.4, 0.5) is 4.39 Å². The van der Waals surface area contributed by atoms with Crippen LogP contribution in [0.5, 0.6) is 0 Å². The summed E-state index contributed by atoms with van der Waals surface area (Å²) in [7, 11) is 0. The minimum Gasteiger partial charge on any atom is -0.264 e. The van der Waals surface area contributed by atoms with Crippen molar-refractivity contribution in [1.82, 2.24) is 4.31 Å². The summed E-state index contributed by atoms with van der Waals surface area (Å²) < 4.78 is 14.1. The molecule has 0 aromatic carbocycles. The van der Waals surface area contributed by atoms with Crippen LogP contribution in [-0.2, 0) is 0 Å². The van der Waals surface area contributed by atoms with Gasteiger partial charge < -0.3 is 0 Å². The Kier molecular flexibility index (Phi) is 2.10. The van der Waals surface area contributed by atoms with Gasteiger partial charge in [0.15, 0.2) is 0 Å². The van der Waals surface area contributed by atoms with Crippen LogP contribution in [0.3, 0.4) is 0 Å². The van der Waals surface area contributed by atoms with Gasteiger partial charge in [-0.2, -0.15) is 0 Å². The van der Waals surface area contributed by atoms with Crippen molar-refractivity contribution in [2.24, 2.45) is 5.14 Å². The molecular formula is C4H9FN2S. The zero-order valence-corrected chi connectivity index (χ0v) is 5.33. The van der Waals surface area contributed by atoms with E-state index in [9.17, 15) is 4.39 Å². The van der Waals surface area contributed by atoms with E-state index >= 15 is 0 Å². The van der Waals surface area contributed by atoms with E-state index in [1.54, 1.807) is 0 Å². The molecule has 1 saturated heterocycles. The molecule has 1 heterocycles. The first-order valence-corrected chi connectivity index (χ1v) is 3.42. The smallest absolute Gasteiger partial charge is 0.115 e. The number of nitrogens with two attached hydrogens (primary N) is 1. The molecule has 0 saturated carbocycles. The average Bonchev–Trinajstić information content (AvgIpc) is 2.14. The summed E-state index contributed by atoms with van der Waals surface area (Å²) in [4.78, 5) is 0.